The Balaban J connectivity index is 1.62. The van der Waals surface area contributed by atoms with E-state index >= 15 is 0 Å². The maximum absolute atomic E-state index is 13.4. The lowest BCUT2D eigenvalue weighted by molar-refractivity contribution is -0.115. The molecule has 0 saturated carbocycles. The first-order valence-electron chi connectivity index (χ1n) is 8.23. The third-order valence-electron chi connectivity index (χ3n) is 3.72. The van der Waals surface area contributed by atoms with Crippen LogP contribution in [0, 0.1) is 11.6 Å². The molecule has 0 aliphatic rings. The first-order valence-corrected chi connectivity index (χ1v) is 9.99. The molecule has 0 saturated heterocycles. The second-order valence-corrected chi connectivity index (χ2v) is 7.88. The number of hydrogen-bond donors (Lipinski definition) is 1. The maximum atomic E-state index is 13.4. The molecular formula is C17H17F2N5O2S2. The molecule has 1 unspecified atom stereocenters. The molecule has 0 aliphatic carbocycles. The largest absolute Gasteiger partial charge is 0.383 e. The topological polar surface area (TPSA) is 81.9 Å². The van der Waals surface area contributed by atoms with Crippen LogP contribution in [0.1, 0.15) is 6.92 Å². The van der Waals surface area contributed by atoms with Crippen LogP contribution in [0.5, 0.6) is 0 Å². The van der Waals surface area contributed by atoms with Crippen molar-refractivity contribution in [2.24, 2.45) is 0 Å². The lowest BCUT2D eigenvalue weighted by Crippen LogP contribution is -2.23. The second-order valence-electron chi connectivity index (χ2n) is 5.72. The van der Waals surface area contributed by atoms with E-state index in [1.165, 1.54) is 29.2 Å². The van der Waals surface area contributed by atoms with Gasteiger partial charge in [0.1, 0.15) is 6.33 Å². The van der Waals surface area contributed by atoms with Gasteiger partial charge in [-0.05, 0) is 25.1 Å². The number of halogens is 2. The number of hydrogen-bond acceptors (Lipinski definition) is 7. The summed E-state index contributed by atoms with van der Waals surface area (Å²) in [6, 6.07) is 3.55. The van der Waals surface area contributed by atoms with Crippen LogP contribution < -0.4 is 5.32 Å². The van der Waals surface area contributed by atoms with Gasteiger partial charge < -0.3 is 14.6 Å². The van der Waals surface area contributed by atoms with E-state index in [0.29, 0.717) is 34.7 Å². The number of carbonyl (C=O) groups excluding carboxylic acids is 1. The number of ether oxygens (including phenoxy) is 1. The number of thioether (sulfide) groups is 1. The summed E-state index contributed by atoms with van der Waals surface area (Å²) in [5.74, 6) is -2.12. The second kappa shape index (κ2) is 9.22. The average Bonchev–Trinajstić information content (AvgIpc) is 3.31. The molecule has 3 aromatic rings. The Labute approximate surface area is 168 Å². The van der Waals surface area contributed by atoms with Crippen molar-refractivity contribution < 1.29 is 18.3 Å². The van der Waals surface area contributed by atoms with Crippen LogP contribution >= 0.6 is 23.1 Å². The van der Waals surface area contributed by atoms with E-state index in [-0.39, 0.29) is 5.91 Å². The molecule has 11 heteroatoms. The molecule has 1 N–H and O–H groups in total. The van der Waals surface area contributed by atoms with E-state index in [0.717, 1.165) is 12.1 Å². The van der Waals surface area contributed by atoms with Crippen molar-refractivity contribution in [1.82, 2.24) is 19.7 Å². The first-order chi connectivity index (χ1) is 13.5. The molecular weight excluding hydrogens is 408 g/mol. The Kier molecular flexibility index (Phi) is 6.70. The molecule has 1 amide bonds. The molecule has 28 heavy (non-hydrogen) atoms. The Morgan fingerprint density at radius 1 is 1.39 bits per heavy atom. The Morgan fingerprint density at radius 3 is 2.96 bits per heavy atom. The van der Waals surface area contributed by atoms with Crippen LogP contribution in [-0.2, 0) is 16.1 Å². The molecule has 0 bridgehead atoms. The number of thiazole rings is 1. The van der Waals surface area contributed by atoms with Gasteiger partial charge in [-0.1, -0.05) is 11.8 Å². The van der Waals surface area contributed by atoms with E-state index in [9.17, 15) is 13.6 Å². The van der Waals surface area contributed by atoms with E-state index in [2.05, 4.69) is 20.5 Å². The normalized spacial score (nSPS) is 12.1. The van der Waals surface area contributed by atoms with Crippen LogP contribution in [0.3, 0.4) is 0 Å². The van der Waals surface area contributed by atoms with Crippen molar-refractivity contribution in [3.63, 3.8) is 0 Å². The van der Waals surface area contributed by atoms with Crippen molar-refractivity contribution in [2.75, 3.05) is 19.0 Å². The molecule has 1 atom stereocenters. The predicted octanol–water partition coefficient (Wildman–Crippen LogP) is 3.45. The number of anilines is 1. The van der Waals surface area contributed by atoms with E-state index < -0.39 is 16.9 Å². The quantitative estimate of drug-likeness (QED) is 0.557. The van der Waals surface area contributed by atoms with E-state index in [4.69, 9.17) is 4.74 Å². The molecule has 3 rings (SSSR count). The summed E-state index contributed by atoms with van der Waals surface area (Å²) < 4.78 is 33.3. The zero-order valence-corrected chi connectivity index (χ0v) is 16.7. The molecule has 2 heterocycles. The minimum atomic E-state index is -0.946. The van der Waals surface area contributed by atoms with Crippen molar-refractivity contribution in [3.05, 3.63) is 41.5 Å². The number of aromatic nitrogens is 4. The van der Waals surface area contributed by atoms with Gasteiger partial charge in [-0.25, -0.2) is 13.8 Å². The minimum Gasteiger partial charge on any atom is -0.383 e. The fourth-order valence-corrected chi connectivity index (χ4v) is 3.79. The SMILES string of the molecule is COCCn1cnnc1SC(C)C(=O)Nc1nc(-c2ccc(F)c(F)c2)cs1. The minimum absolute atomic E-state index is 0.252. The zero-order valence-electron chi connectivity index (χ0n) is 15.1. The average molecular weight is 425 g/mol. The van der Waals surface area contributed by atoms with Gasteiger partial charge in [0.05, 0.1) is 17.6 Å². The Hall–Kier alpha value is -2.37. The number of amides is 1. The van der Waals surface area contributed by atoms with Gasteiger partial charge in [-0.2, -0.15) is 0 Å². The standard InChI is InChI=1S/C17H17F2N5O2S2/c1-10(28-17-23-20-9-24(17)5-6-26-2)15(25)22-16-21-14(8-27-16)11-3-4-12(18)13(19)7-11/h3-4,7-10H,5-6H2,1-2H3,(H,21,22,25). The van der Waals surface area contributed by atoms with Crippen LogP contribution in [0.2, 0.25) is 0 Å². The highest BCUT2D eigenvalue weighted by Crippen LogP contribution is 2.27. The molecule has 0 spiro atoms. The highest BCUT2D eigenvalue weighted by Gasteiger charge is 2.19. The highest BCUT2D eigenvalue weighted by atomic mass is 32.2. The number of benzene rings is 1. The Bertz CT molecular complexity index is 963. The predicted molar refractivity (Wildman–Crippen MR) is 103 cm³/mol. The molecule has 0 fully saturated rings. The zero-order chi connectivity index (χ0) is 20.1. The summed E-state index contributed by atoms with van der Waals surface area (Å²) in [5, 5.41) is 12.8. The number of nitrogens with zero attached hydrogens (tertiary/aromatic N) is 4. The Morgan fingerprint density at radius 2 is 2.21 bits per heavy atom. The lowest BCUT2D eigenvalue weighted by atomic mass is 10.2. The van der Waals surface area contributed by atoms with Crippen molar-refractivity contribution in [3.8, 4) is 11.3 Å². The van der Waals surface area contributed by atoms with Crippen LogP contribution in [0.15, 0.2) is 35.1 Å². The molecule has 2 aromatic heterocycles. The van der Waals surface area contributed by atoms with Crippen molar-refractivity contribution in [2.45, 2.75) is 23.9 Å². The van der Waals surface area contributed by atoms with Crippen molar-refractivity contribution >= 4 is 34.1 Å². The first kappa shape index (κ1) is 20.4. The molecule has 0 radical (unpaired) electrons. The number of nitrogens with one attached hydrogen (secondary N) is 1. The van der Waals surface area contributed by atoms with Crippen LogP contribution in [0.25, 0.3) is 11.3 Å². The van der Waals surface area contributed by atoms with Gasteiger partial charge in [0.2, 0.25) is 5.91 Å². The van der Waals surface area contributed by atoms with Gasteiger partial charge in [-0.15, -0.1) is 21.5 Å². The van der Waals surface area contributed by atoms with Crippen LogP contribution in [-0.4, -0.2) is 44.6 Å². The smallest absolute Gasteiger partial charge is 0.239 e. The number of methoxy groups -OCH3 is 1. The molecule has 7 nitrogen and oxygen atoms in total. The van der Waals surface area contributed by atoms with Gasteiger partial charge >= 0.3 is 0 Å². The summed E-state index contributed by atoms with van der Waals surface area (Å²) in [4.78, 5) is 16.7. The molecule has 0 aliphatic heterocycles. The summed E-state index contributed by atoms with van der Waals surface area (Å²) >= 11 is 2.47. The van der Waals surface area contributed by atoms with Gasteiger partial charge in [0.25, 0.3) is 0 Å². The van der Waals surface area contributed by atoms with Crippen molar-refractivity contribution in [1.29, 1.82) is 0 Å². The van der Waals surface area contributed by atoms with Crippen LogP contribution in [0.4, 0.5) is 13.9 Å². The van der Waals surface area contributed by atoms with E-state index in [1.807, 2.05) is 4.57 Å². The molecule has 148 valence electrons. The number of carbonyl (C=O) groups is 1. The summed E-state index contributed by atoms with van der Waals surface area (Å²) in [6.07, 6.45) is 1.58. The third-order valence-corrected chi connectivity index (χ3v) is 5.57. The maximum Gasteiger partial charge on any atom is 0.239 e. The van der Waals surface area contributed by atoms with E-state index in [1.54, 1.807) is 25.7 Å². The van der Waals surface area contributed by atoms with Gasteiger partial charge in [0.15, 0.2) is 21.9 Å². The van der Waals surface area contributed by atoms with Gasteiger partial charge in [-0.3, -0.25) is 4.79 Å². The highest BCUT2D eigenvalue weighted by molar-refractivity contribution is 8.00. The summed E-state index contributed by atoms with van der Waals surface area (Å²) in [6.45, 7) is 2.85. The fraction of sp³-hybridized carbons (Fsp3) is 0.294. The fourth-order valence-electron chi connectivity index (χ4n) is 2.22. The number of rotatable bonds is 8. The third kappa shape index (κ3) is 4.91. The monoisotopic (exact) mass is 425 g/mol. The molecule has 1 aromatic carbocycles. The summed E-state index contributed by atoms with van der Waals surface area (Å²) in [7, 11) is 1.61. The van der Waals surface area contributed by atoms with Gasteiger partial charge in [0, 0.05) is 24.6 Å². The lowest BCUT2D eigenvalue weighted by Gasteiger charge is -2.11. The summed E-state index contributed by atoms with van der Waals surface area (Å²) in [5.41, 5.74) is 0.892.